The third-order valence-corrected chi connectivity index (χ3v) is 5.29. The maximum atomic E-state index is 9.38. The fourth-order valence-corrected chi connectivity index (χ4v) is 3.81. The number of pyridine rings is 1. The van der Waals surface area contributed by atoms with Gasteiger partial charge in [-0.25, -0.2) is 0 Å². The first kappa shape index (κ1) is 21.5. The number of aliphatic hydroxyl groups excluding tert-OH is 1. The summed E-state index contributed by atoms with van der Waals surface area (Å²) in [4.78, 5) is 10.9. The van der Waals surface area contributed by atoms with Crippen molar-refractivity contribution in [2.75, 3.05) is 13.6 Å². The van der Waals surface area contributed by atoms with Crippen LogP contribution < -0.4 is 0 Å². The minimum absolute atomic E-state index is 0.128. The van der Waals surface area contributed by atoms with Gasteiger partial charge in [0.05, 0.1) is 12.3 Å². The lowest BCUT2D eigenvalue weighted by atomic mass is 9.95. The van der Waals surface area contributed by atoms with Gasteiger partial charge in [-0.05, 0) is 66.9 Å². The molecule has 162 valence electrons. The molecule has 0 fully saturated rings. The first-order valence-corrected chi connectivity index (χ1v) is 10.4. The molecule has 2 aromatic carbocycles. The molecule has 0 aliphatic heterocycles. The molecule has 0 saturated heterocycles. The topological polar surface area (TPSA) is 75.3 Å². The molecule has 0 radical (unpaired) electrons. The number of likely N-dealkylation sites (N-methyl/N-ethyl adjacent to an activating group) is 1. The molecule has 1 N–H and O–H groups in total. The summed E-state index contributed by atoms with van der Waals surface area (Å²) in [5, 5.41) is 13.5. The van der Waals surface area contributed by atoms with Crippen LogP contribution in [-0.4, -0.2) is 38.7 Å². The number of aryl methyl sites for hydroxylation is 2. The molecule has 0 amide bonds. The summed E-state index contributed by atoms with van der Waals surface area (Å²) in [5.41, 5.74) is 7.44. The minimum Gasteiger partial charge on any atom is -0.512 e. The molecule has 4 aromatic rings. The summed E-state index contributed by atoms with van der Waals surface area (Å²) in [7, 11) is 1.91. The number of hydrogen-bond acceptors (Lipinski definition) is 6. The van der Waals surface area contributed by atoms with Crippen LogP contribution in [0.25, 0.3) is 34.0 Å². The van der Waals surface area contributed by atoms with E-state index < -0.39 is 0 Å². The second kappa shape index (κ2) is 9.16. The molecule has 0 atom stereocenters. The number of benzene rings is 2. The third kappa shape index (κ3) is 4.76. The Balaban J connectivity index is 1.57. The maximum Gasteiger partial charge on any atom is 0.258 e. The number of hydrogen-bond donors (Lipinski definition) is 1. The van der Waals surface area contributed by atoms with Crippen molar-refractivity contribution in [3.05, 3.63) is 90.0 Å². The van der Waals surface area contributed by atoms with Crippen molar-refractivity contribution in [2.45, 2.75) is 20.4 Å². The standard InChI is InChI=1S/C26H26N4O2/c1-17-7-5-6-8-23(17)24-10-9-21(11-18(24)2)26-28-25(29-32-26)22-12-20(13-27-14-22)16-30(4)15-19(3)31/h5-14,31H,3,15-16H2,1-2,4H3. The van der Waals surface area contributed by atoms with Gasteiger partial charge in [-0.15, -0.1) is 0 Å². The van der Waals surface area contributed by atoms with Gasteiger partial charge >= 0.3 is 0 Å². The lowest BCUT2D eigenvalue weighted by Gasteiger charge is -2.15. The van der Waals surface area contributed by atoms with Crippen LogP contribution >= 0.6 is 0 Å². The Morgan fingerprint density at radius 1 is 1.00 bits per heavy atom. The Morgan fingerprint density at radius 2 is 1.78 bits per heavy atom. The fourth-order valence-electron chi connectivity index (χ4n) is 3.81. The van der Waals surface area contributed by atoms with Crippen LogP contribution in [-0.2, 0) is 6.54 Å². The van der Waals surface area contributed by atoms with Gasteiger partial charge in [0.1, 0.15) is 0 Å². The molecular weight excluding hydrogens is 400 g/mol. The molecule has 0 spiro atoms. The van der Waals surface area contributed by atoms with Crippen LogP contribution in [0.15, 0.2) is 77.8 Å². The molecule has 0 aliphatic carbocycles. The zero-order valence-corrected chi connectivity index (χ0v) is 18.5. The SMILES string of the molecule is C=C(O)CN(C)Cc1cncc(-c2noc(-c3ccc(-c4ccccc4C)c(C)c3)n2)c1. The van der Waals surface area contributed by atoms with E-state index in [-0.39, 0.29) is 5.76 Å². The van der Waals surface area contributed by atoms with E-state index in [1.54, 1.807) is 12.4 Å². The minimum atomic E-state index is 0.128. The first-order valence-electron chi connectivity index (χ1n) is 10.4. The summed E-state index contributed by atoms with van der Waals surface area (Å²) in [6.07, 6.45) is 3.50. The Labute approximate surface area is 187 Å². The van der Waals surface area contributed by atoms with Crippen molar-refractivity contribution < 1.29 is 9.63 Å². The molecule has 4 rings (SSSR count). The Hall–Kier alpha value is -3.77. The van der Waals surface area contributed by atoms with Crippen molar-refractivity contribution in [1.82, 2.24) is 20.0 Å². The molecule has 6 nitrogen and oxygen atoms in total. The maximum absolute atomic E-state index is 9.38. The van der Waals surface area contributed by atoms with E-state index in [9.17, 15) is 5.11 Å². The lowest BCUT2D eigenvalue weighted by molar-refractivity contribution is 0.285. The predicted octanol–water partition coefficient (Wildman–Crippen LogP) is 5.59. The van der Waals surface area contributed by atoms with Crippen LogP contribution in [0.2, 0.25) is 0 Å². The monoisotopic (exact) mass is 426 g/mol. The van der Waals surface area contributed by atoms with E-state index >= 15 is 0 Å². The van der Waals surface area contributed by atoms with E-state index in [1.807, 2.05) is 30.1 Å². The lowest BCUT2D eigenvalue weighted by Crippen LogP contribution is -2.20. The molecular formula is C26H26N4O2. The third-order valence-electron chi connectivity index (χ3n) is 5.29. The molecule has 32 heavy (non-hydrogen) atoms. The second-order valence-corrected chi connectivity index (χ2v) is 8.09. The Morgan fingerprint density at radius 3 is 2.53 bits per heavy atom. The van der Waals surface area contributed by atoms with E-state index in [0.717, 1.165) is 22.3 Å². The average molecular weight is 427 g/mol. The molecule has 6 heteroatoms. The van der Waals surface area contributed by atoms with Crippen LogP contribution in [0.3, 0.4) is 0 Å². The average Bonchev–Trinajstić information content (AvgIpc) is 3.24. The number of rotatable bonds is 7. The van der Waals surface area contributed by atoms with E-state index in [1.165, 1.54) is 16.7 Å². The van der Waals surface area contributed by atoms with Crippen molar-refractivity contribution in [3.8, 4) is 34.0 Å². The molecule has 0 aliphatic rings. The van der Waals surface area contributed by atoms with Crippen LogP contribution in [0.1, 0.15) is 16.7 Å². The number of aromatic nitrogens is 3. The van der Waals surface area contributed by atoms with Crippen LogP contribution in [0.5, 0.6) is 0 Å². The highest BCUT2D eigenvalue weighted by Gasteiger charge is 2.14. The van der Waals surface area contributed by atoms with Gasteiger partial charge in [-0.1, -0.05) is 42.1 Å². The highest BCUT2D eigenvalue weighted by atomic mass is 16.5. The zero-order valence-electron chi connectivity index (χ0n) is 18.5. The molecule has 0 bridgehead atoms. The number of aliphatic hydroxyl groups is 1. The molecule has 2 heterocycles. The van der Waals surface area contributed by atoms with E-state index in [0.29, 0.717) is 24.8 Å². The fraction of sp³-hybridized carbons (Fsp3) is 0.192. The summed E-state index contributed by atoms with van der Waals surface area (Å²) in [5.74, 6) is 1.09. The summed E-state index contributed by atoms with van der Waals surface area (Å²) in [6, 6.07) is 16.5. The largest absolute Gasteiger partial charge is 0.512 e. The van der Waals surface area contributed by atoms with Gasteiger partial charge < -0.3 is 9.63 Å². The van der Waals surface area contributed by atoms with Gasteiger partial charge in [-0.2, -0.15) is 4.98 Å². The second-order valence-electron chi connectivity index (χ2n) is 8.09. The highest BCUT2D eigenvalue weighted by molar-refractivity contribution is 5.73. The first-order chi connectivity index (χ1) is 15.4. The van der Waals surface area contributed by atoms with Gasteiger partial charge in [0, 0.05) is 30.1 Å². The van der Waals surface area contributed by atoms with Crippen molar-refractivity contribution in [1.29, 1.82) is 0 Å². The Kier molecular flexibility index (Phi) is 6.14. The summed E-state index contributed by atoms with van der Waals surface area (Å²) in [6.45, 7) is 8.75. The summed E-state index contributed by atoms with van der Waals surface area (Å²) < 4.78 is 5.56. The van der Waals surface area contributed by atoms with Gasteiger partial charge in [-0.3, -0.25) is 9.88 Å². The quantitative estimate of drug-likeness (QED) is 0.389. The predicted molar refractivity (Wildman–Crippen MR) is 126 cm³/mol. The molecule has 0 unspecified atom stereocenters. The van der Waals surface area contributed by atoms with Crippen LogP contribution in [0, 0.1) is 13.8 Å². The zero-order chi connectivity index (χ0) is 22.7. The van der Waals surface area contributed by atoms with E-state index in [2.05, 4.69) is 65.9 Å². The van der Waals surface area contributed by atoms with Crippen molar-refractivity contribution in [2.24, 2.45) is 0 Å². The normalized spacial score (nSPS) is 11.1. The van der Waals surface area contributed by atoms with Crippen molar-refractivity contribution >= 4 is 0 Å². The number of nitrogens with zero attached hydrogens (tertiary/aromatic N) is 4. The van der Waals surface area contributed by atoms with Gasteiger partial charge in [0.25, 0.3) is 5.89 Å². The Bertz CT molecular complexity index is 1260. The van der Waals surface area contributed by atoms with Crippen LogP contribution in [0.4, 0.5) is 0 Å². The van der Waals surface area contributed by atoms with E-state index in [4.69, 9.17) is 4.52 Å². The molecule has 2 aromatic heterocycles. The molecule has 0 saturated carbocycles. The highest BCUT2D eigenvalue weighted by Crippen LogP contribution is 2.30. The van der Waals surface area contributed by atoms with Gasteiger partial charge in [0.15, 0.2) is 0 Å². The smallest absolute Gasteiger partial charge is 0.258 e. The summed E-state index contributed by atoms with van der Waals surface area (Å²) >= 11 is 0. The van der Waals surface area contributed by atoms with Gasteiger partial charge in [0.2, 0.25) is 5.82 Å². The van der Waals surface area contributed by atoms with Crippen molar-refractivity contribution in [3.63, 3.8) is 0 Å².